The van der Waals surface area contributed by atoms with Gasteiger partial charge < -0.3 is 4.74 Å². The van der Waals surface area contributed by atoms with Crippen molar-refractivity contribution in [1.82, 2.24) is 9.97 Å². The van der Waals surface area contributed by atoms with Gasteiger partial charge in [0.2, 0.25) is 0 Å². The van der Waals surface area contributed by atoms with Crippen molar-refractivity contribution in [3.05, 3.63) is 17.5 Å². The van der Waals surface area contributed by atoms with E-state index in [-0.39, 0.29) is 0 Å². The lowest BCUT2D eigenvalue weighted by atomic mass is 10.2. The van der Waals surface area contributed by atoms with Gasteiger partial charge in [0.15, 0.2) is 6.29 Å². The van der Waals surface area contributed by atoms with E-state index in [4.69, 9.17) is 4.74 Å². The molecule has 0 bridgehead atoms. The molecule has 0 aliphatic heterocycles. The second-order valence-corrected chi connectivity index (χ2v) is 3.73. The minimum absolute atomic E-state index is 0.353. The first-order chi connectivity index (χ1) is 7.17. The van der Waals surface area contributed by atoms with Crippen molar-refractivity contribution in [2.75, 3.05) is 6.61 Å². The molecule has 0 aromatic carbocycles. The Bertz CT molecular complexity index is 337. The summed E-state index contributed by atoms with van der Waals surface area (Å²) >= 11 is 0. The minimum atomic E-state index is 0.353. The van der Waals surface area contributed by atoms with Gasteiger partial charge in [0.25, 0.3) is 0 Å². The molecule has 1 rings (SSSR count). The maximum absolute atomic E-state index is 10.6. The van der Waals surface area contributed by atoms with E-state index in [0.717, 1.165) is 12.0 Å². The molecule has 1 aromatic rings. The third-order valence-corrected chi connectivity index (χ3v) is 1.89. The summed E-state index contributed by atoms with van der Waals surface area (Å²) in [5.74, 6) is 0.435. The first-order valence-electron chi connectivity index (χ1n) is 5.11. The summed E-state index contributed by atoms with van der Waals surface area (Å²) in [7, 11) is 0. The van der Waals surface area contributed by atoms with E-state index in [9.17, 15) is 4.79 Å². The predicted molar refractivity (Wildman–Crippen MR) is 57.1 cm³/mol. The van der Waals surface area contributed by atoms with Crippen LogP contribution >= 0.6 is 0 Å². The monoisotopic (exact) mass is 208 g/mol. The van der Waals surface area contributed by atoms with E-state index in [1.807, 2.05) is 6.92 Å². The van der Waals surface area contributed by atoms with Crippen LogP contribution in [0.15, 0.2) is 6.20 Å². The highest BCUT2D eigenvalue weighted by atomic mass is 16.5. The highest BCUT2D eigenvalue weighted by molar-refractivity contribution is 5.75. The van der Waals surface area contributed by atoms with Gasteiger partial charge >= 0.3 is 6.01 Å². The molecule has 0 unspecified atom stereocenters. The molecular weight excluding hydrogens is 192 g/mol. The van der Waals surface area contributed by atoms with Crippen molar-refractivity contribution in [2.45, 2.75) is 27.2 Å². The molecule has 0 aliphatic carbocycles. The average molecular weight is 208 g/mol. The van der Waals surface area contributed by atoms with Crippen LogP contribution in [0.4, 0.5) is 0 Å². The van der Waals surface area contributed by atoms with Crippen molar-refractivity contribution in [1.29, 1.82) is 0 Å². The average Bonchev–Trinajstić information content (AvgIpc) is 2.25. The van der Waals surface area contributed by atoms with E-state index in [1.165, 1.54) is 6.20 Å². The highest BCUT2D eigenvalue weighted by Crippen LogP contribution is 2.09. The molecule has 1 heterocycles. The van der Waals surface area contributed by atoms with Crippen LogP contribution < -0.4 is 4.74 Å². The summed E-state index contributed by atoms with van der Waals surface area (Å²) in [6, 6.07) is 0.353. The van der Waals surface area contributed by atoms with E-state index in [0.29, 0.717) is 30.5 Å². The first-order valence-corrected chi connectivity index (χ1v) is 5.11. The molecule has 0 aliphatic rings. The fourth-order valence-electron chi connectivity index (χ4n) is 1.10. The maximum Gasteiger partial charge on any atom is 0.316 e. The molecule has 4 heteroatoms. The largest absolute Gasteiger partial charge is 0.463 e. The van der Waals surface area contributed by atoms with E-state index >= 15 is 0 Å². The molecular formula is C11H16N2O2. The lowest BCUT2D eigenvalue weighted by Crippen LogP contribution is -2.08. The molecule has 82 valence electrons. The number of ether oxygens (including phenoxy) is 1. The van der Waals surface area contributed by atoms with E-state index in [2.05, 4.69) is 23.8 Å². The summed E-state index contributed by atoms with van der Waals surface area (Å²) in [5, 5.41) is 0. The van der Waals surface area contributed by atoms with Gasteiger partial charge in [-0.2, -0.15) is 4.98 Å². The van der Waals surface area contributed by atoms with Gasteiger partial charge in [-0.3, -0.25) is 4.79 Å². The van der Waals surface area contributed by atoms with Gasteiger partial charge in [0.1, 0.15) is 0 Å². The molecule has 4 nitrogen and oxygen atoms in total. The third kappa shape index (κ3) is 3.31. The Morgan fingerprint density at radius 2 is 2.27 bits per heavy atom. The molecule has 15 heavy (non-hydrogen) atoms. The van der Waals surface area contributed by atoms with Crippen LogP contribution in [-0.2, 0) is 6.42 Å². The SMILES string of the molecule is CCc1nc(OCC(C)C)ncc1C=O. The summed E-state index contributed by atoms with van der Waals surface area (Å²) < 4.78 is 5.37. The Morgan fingerprint density at radius 3 is 2.80 bits per heavy atom. The number of rotatable bonds is 5. The first kappa shape index (κ1) is 11.6. The second kappa shape index (κ2) is 5.44. The number of nitrogens with zero attached hydrogens (tertiary/aromatic N) is 2. The topological polar surface area (TPSA) is 52.1 Å². The summed E-state index contributed by atoms with van der Waals surface area (Å²) in [6.45, 7) is 6.65. The summed E-state index contributed by atoms with van der Waals surface area (Å²) in [5.41, 5.74) is 1.27. The number of carbonyl (C=O) groups is 1. The van der Waals surface area contributed by atoms with Crippen LogP contribution in [0.3, 0.4) is 0 Å². The van der Waals surface area contributed by atoms with Crippen LogP contribution in [0.5, 0.6) is 6.01 Å². The normalized spacial score (nSPS) is 10.4. The Labute approximate surface area is 89.7 Å². The zero-order chi connectivity index (χ0) is 11.3. The van der Waals surface area contributed by atoms with E-state index in [1.54, 1.807) is 0 Å². The summed E-state index contributed by atoms with van der Waals surface area (Å²) in [4.78, 5) is 18.8. The van der Waals surface area contributed by atoms with Gasteiger partial charge in [-0.15, -0.1) is 0 Å². The maximum atomic E-state index is 10.6. The van der Waals surface area contributed by atoms with Crippen LogP contribution in [0.25, 0.3) is 0 Å². The Balaban J connectivity index is 2.79. The van der Waals surface area contributed by atoms with Crippen molar-refractivity contribution in [2.24, 2.45) is 5.92 Å². The molecule has 0 spiro atoms. The number of aromatic nitrogens is 2. The fourth-order valence-corrected chi connectivity index (χ4v) is 1.10. The second-order valence-electron chi connectivity index (χ2n) is 3.73. The smallest absolute Gasteiger partial charge is 0.316 e. The third-order valence-electron chi connectivity index (χ3n) is 1.89. The molecule has 1 aromatic heterocycles. The molecule has 0 saturated carbocycles. The Morgan fingerprint density at radius 1 is 1.53 bits per heavy atom. The quantitative estimate of drug-likeness (QED) is 0.693. The number of hydrogen-bond donors (Lipinski definition) is 0. The predicted octanol–water partition coefficient (Wildman–Crippen LogP) is 1.89. The van der Waals surface area contributed by atoms with Gasteiger partial charge in [-0.1, -0.05) is 20.8 Å². The van der Waals surface area contributed by atoms with Crippen LogP contribution in [0.2, 0.25) is 0 Å². The summed E-state index contributed by atoms with van der Waals surface area (Å²) in [6.07, 6.45) is 2.98. The molecule has 0 amide bonds. The van der Waals surface area contributed by atoms with Gasteiger partial charge in [-0.25, -0.2) is 4.98 Å². The Kier molecular flexibility index (Phi) is 4.21. The molecule has 0 atom stereocenters. The number of aryl methyl sites for hydroxylation is 1. The van der Waals surface area contributed by atoms with Crippen LogP contribution in [0.1, 0.15) is 36.8 Å². The van der Waals surface area contributed by atoms with Crippen molar-refractivity contribution < 1.29 is 9.53 Å². The van der Waals surface area contributed by atoms with Crippen molar-refractivity contribution in [3.63, 3.8) is 0 Å². The van der Waals surface area contributed by atoms with Gasteiger partial charge in [0, 0.05) is 6.20 Å². The number of hydrogen-bond acceptors (Lipinski definition) is 4. The van der Waals surface area contributed by atoms with Gasteiger partial charge in [-0.05, 0) is 12.3 Å². The van der Waals surface area contributed by atoms with Crippen LogP contribution in [-0.4, -0.2) is 22.9 Å². The Hall–Kier alpha value is -1.45. The standard InChI is InChI=1S/C11H16N2O2/c1-4-10-9(6-14)5-12-11(13-10)15-7-8(2)3/h5-6,8H,4,7H2,1-3H3. The molecule has 0 fully saturated rings. The molecule has 0 radical (unpaired) electrons. The lowest BCUT2D eigenvalue weighted by Gasteiger charge is -2.08. The van der Waals surface area contributed by atoms with Gasteiger partial charge in [0.05, 0.1) is 17.9 Å². The zero-order valence-electron chi connectivity index (χ0n) is 9.36. The zero-order valence-corrected chi connectivity index (χ0v) is 9.36. The number of carbonyl (C=O) groups excluding carboxylic acids is 1. The van der Waals surface area contributed by atoms with E-state index < -0.39 is 0 Å². The van der Waals surface area contributed by atoms with Crippen molar-refractivity contribution in [3.8, 4) is 6.01 Å². The lowest BCUT2D eigenvalue weighted by molar-refractivity contribution is 0.112. The fraction of sp³-hybridized carbons (Fsp3) is 0.545. The molecule has 0 saturated heterocycles. The highest BCUT2D eigenvalue weighted by Gasteiger charge is 2.06. The van der Waals surface area contributed by atoms with Crippen molar-refractivity contribution >= 4 is 6.29 Å². The minimum Gasteiger partial charge on any atom is -0.463 e. The number of aldehydes is 1. The van der Waals surface area contributed by atoms with Crippen LogP contribution in [0, 0.1) is 5.92 Å². The molecule has 0 N–H and O–H groups in total.